The van der Waals surface area contributed by atoms with Gasteiger partial charge in [-0.05, 0) is 56.3 Å². The van der Waals surface area contributed by atoms with Crippen molar-refractivity contribution in [2.75, 3.05) is 0 Å². The van der Waals surface area contributed by atoms with E-state index in [1.165, 1.54) is 96.3 Å². The van der Waals surface area contributed by atoms with Crippen LogP contribution in [0.1, 0.15) is 96.3 Å². The van der Waals surface area contributed by atoms with Crippen LogP contribution in [0, 0.1) is 17.8 Å². The van der Waals surface area contributed by atoms with E-state index in [-0.39, 0.29) is 5.60 Å². The molecule has 3 fully saturated rings. The lowest BCUT2D eigenvalue weighted by molar-refractivity contribution is -0.142. The second kappa shape index (κ2) is 6.81. The monoisotopic (exact) mass is 278 g/mol. The van der Waals surface area contributed by atoms with E-state index in [0.29, 0.717) is 17.8 Å². The van der Waals surface area contributed by atoms with Crippen LogP contribution in [0.5, 0.6) is 0 Å². The number of rotatable bonds is 3. The Morgan fingerprint density at radius 1 is 0.450 bits per heavy atom. The Balaban J connectivity index is 1.79. The van der Waals surface area contributed by atoms with E-state index < -0.39 is 0 Å². The number of aliphatic hydroxyl groups is 1. The molecule has 0 spiro atoms. The van der Waals surface area contributed by atoms with Crippen LogP contribution >= 0.6 is 0 Å². The van der Waals surface area contributed by atoms with Gasteiger partial charge in [-0.25, -0.2) is 0 Å². The van der Waals surface area contributed by atoms with Gasteiger partial charge in [-0.1, -0.05) is 57.8 Å². The molecule has 20 heavy (non-hydrogen) atoms. The summed E-state index contributed by atoms with van der Waals surface area (Å²) in [5.74, 6) is 1.88. The first-order valence-corrected chi connectivity index (χ1v) is 9.54. The molecule has 0 bridgehead atoms. The van der Waals surface area contributed by atoms with Gasteiger partial charge in [0.15, 0.2) is 0 Å². The highest BCUT2D eigenvalue weighted by Gasteiger charge is 2.49. The molecule has 3 aliphatic rings. The van der Waals surface area contributed by atoms with Crippen molar-refractivity contribution in [2.45, 2.75) is 102 Å². The molecule has 0 aliphatic heterocycles. The minimum Gasteiger partial charge on any atom is -0.389 e. The van der Waals surface area contributed by atoms with Crippen molar-refractivity contribution in [3.8, 4) is 0 Å². The van der Waals surface area contributed by atoms with Gasteiger partial charge in [0.2, 0.25) is 0 Å². The second-order valence-corrected chi connectivity index (χ2v) is 7.89. The first kappa shape index (κ1) is 14.9. The summed E-state index contributed by atoms with van der Waals surface area (Å²) in [6.07, 6.45) is 20.3. The maximum atomic E-state index is 11.9. The Kier molecular flexibility index (Phi) is 5.07. The fraction of sp³-hybridized carbons (Fsp3) is 1.00. The lowest BCUT2D eigenvalue weighted by Crippen LogP contribution is -2.53. The van der Waals surface area contributed by atoms with E-state index in [1.54, 1.807) is 0 Å². The molecule has 116 valence electrons. The van der Waals surface area contributed by atoms with Crippen molar-refractivity contribution in [2.24, 2.45) is 17.8 Å². The van der Waals surface area contributed by atoms with E-state index in [0.717, 1.165) is 0 Å². The van der Waals surface area contributed by atoms with Gasteiger partial charge in [0.25, 0.3) is 0 Å². The summed E-state index contributed by atoms with van der Waals surface area (Å²) in [6.45, 7) is 0. The summed E-state index contributed by atoms with van der Waals surface area (Å²) < 4.78 is 0. The van der Waals surface area contributed by atoms with Gasteiger partial charge in [0, 0.05) is 0 Å². The maximum Gasteiger partial charge on any atom is 0.0731 e. The molecule has 0 saturated heterocycles. The molecule has 0 aromatic rings. The number of hydrogen-bond acceptors (Lipinski definition) is 1. The van der Waals surface area contributed by atoms with E-state index in [2.05, 4.69) is 0 Å². The highest BCUT2D eigenvalue weighted by atomic mass is 16.3. The largest absolute Gasteiger partial charge is 0.389 e. The summed E-state index contributed by atoms with van der Waals surface area (Å²) in [5, 5.41) is 11.9. The topological polar surface area (TPSA) is 20.2 Å². The third-order valence-corrected chi connectivity index (χ3v) is 6.78. The van der Waals surface area contributed by atoms with Gasteiger partial charge >= 0.3 is 0 Å². The van der Waals surface area contributed by atoms with Crippen molar-refractivity contribution in [1.29, 1.82) is 0 Å². The van der Waals surface area contributed by atoms with Gasteiger partial charge in [-0.2, -0.15) is 0 Å². The zero-order valence-electron chi connectivity index (χ0n) is 13.3. The molecule has 3 saturated carbocycles. The van der Waals surface area contributed by atoms with Crippen LogP contribution in [0.15, 0.2) is 0 Å². The molecule has 3 aliphatic carbocycles. The molecule has 0 aromatic carbocycles. The molecule has 1 heteroatoms. The molecule has 0 radical (unpaired) electrons. The van der Waals surface area contributed by atoms with Crippen molar-refractivity contribution in [3.63, 3.8) is 0 Å². The van der Waals surface area contributed by atoms with E-state index in [9.17, 15) is 5.11 Å². The lowest BCUT2D eigenvalue weighted by atomic mass is 9.58. The molecule has 1 nitrogen and oxygen atoms in total. The van der Waals surface area contributed by atoms with Crippen molar-refractivity contribution in [1.82, 2.24) is 0 Å². The molecule has 3 rings (SSSR count). The normalized spacial score (nSPS) is 28.6. The Bertz CT molecular complexity index is 235. The quantitative estimate of drug-likeness (QED) is 0.727. The van der Waals surface area contributed by atoms with Crippen LogP contribution in [0.2, 0.25) is 0 Å². The molecule has 0 amide bonds. The van der Waals surface area contributed by atoms with Crippen LogP contribution in [-0.2, 0) is 0 Å². The fourth-order valence-corrected chi connectivity index (χ4v) is 5.70. The zero-order chi connectivity index (χ0) is 13.8. The van der Waals surface area contributed by atoms with Gasteiger partial charge in [0.05, 0.1) is 5.60 Å². The summed E-state index contributed by atoms with van der Waals surface area (Å²) in [6, 6.07) is 0. The van der Waals surface area contributed by atoms with E-state index >= 15 is 0 Å². The van der Waals surface area contributed by atoms with Crippen LogP contribution < -0.4 is 0 Å². The molecule has 0 unspecified atom stereocenters. The van der Waals surface area contributed by atoms with Gasteiger partial charge in [-0.3, -0.25) is 0 Å². The average molecular weight is 278 g/mol. The van der Waals surface area contributed by atoms with Crippen LogP contribution in [-0.4, -0.2) is 10.7 Å². The summed E-state index contributed by atoms with van der Waals surface area (Å²) in [7, 11) is 0. The molecule has 0 aromatic heterocycles. The van der Waals surface area contributed by atoms with Gasteiger partial charge < -0.3 is 5.11 Å². The first-order valence-electron chi connectivity index (χ1n) is 9.54. The summed E-state index contributed by atoms with van der Waals surface area (Å²) in [4.78, 5) is 0. The third-order valence-electron chi connectivity index (χ3n) is 6.78. The standard InChI is InChI=1S/C19H34O/c20-19(16-10-4-1-5-11-16,17-12-6-2-7-13-17)18-14-8-3-9-15-18/h16-18,20H,1-15H2. The second-order valence-electron chi connectivity index (χ2n) is 7.89. The Morgan fingerprint density at radius 2 is 0.700 bits per heavy atom. The summed E-state index contributed by atoms with van der Waals surface area (Å²) >= 11 is 0. The third kappa shape index (κ3) is 2.93. The Hall–Kier alpha value is -0.0400. The Labute approximate surface area is 125 Å². The average Bonchev–Trinajstić information content (AvgIpc) is 2.56. The molecular weight excluding hydrogens is 244 g/mol. The molecule has 0 atom stereocenters. The summed E-state index contributed by atoms with van der Waals surface area (Å²) in [5.41, 5.74) is -0.290. The smallest absolute Gasteiger partial charge is 0.0731 e. The van der Waals surface area contributed by atoms with Gasteiger partial charge in [-0.15, -0.1) is 0 Å². The zero-order valence-corrected chi connectivity index (χ0v) is 13.3. The SMILES string of the molecule is OC(C1CCCCC1)(C1CCCCC1)C1CCCCC1. The first-order chi connectivity index (χ1) is 9.82. The van der Waals surface area contributed by atoms with Gasteiger partial charge in [0.1, 0.15) is 0 Å². The minimum absolute atomic E-state index is 0.290. The van der Waals surface area contributed by atoms with Crippen molar-refractivity contribution >= 4 is 0 Å². The van der Waals surface area contributed by atoms with E-state index in [4.69, 9.17) is 0 Å². The molecule has 0 heterocycles. The highest BCUT2D eigenvalue weighted by Crippen LogP contribution is 2.50. The van der Waals surface area contributed by atoms with Crippen LogP contribution in [0.3, 0.4) is 0 Å². The fourth-order valence-electron chi connectivity index (χ4n) is 5.70. The minimum atomic E-state index is -0.290. The predicted octanol–water partition coefficient (Wildman–Crippen LogP) is 5.46. The maximum absolute atomic E-state index is 11.9. The predicted molar refractivity (Wildman–Crippen MR) is 84.7 cm³/mol. The van der Waals surface area contributed by atoms with E-state index in [1.807, 2.05) is 0 Å². The lowest BCUT2D eigenvalue weighted by Gasteiger charge is -2.51. The molecular formula is C19H34O. The number of hydrogen-bond donors (Lipinski definition) is 1. The van der Waals surface area contributed by atoms with Crippen molar-refractivity contribution in [3.05, 3.63) is 0 Å². The highest BCUT2D eigenvalue weighted by molar-refractivity contribution is 5.00. The van der Waals surface area contributed by atoms with Crippen molar-refractivity contribution < 1.29 is 5.11 Å². The van der Waals surface area contributed by atoms with Crippen LogP contribution in [0.25, 0.3) is 0 Å². The van der Waals surface area contributed by atoms with Crippen LogP contribution in [0.4, 0.5) is 0 Å². The molecule has 1 N–H and O–H groups in total. The Morgan fingerprint density at radius 3 is 0.950 bits per heavy atom.